The Morgan fingerprint density at radius 3 is 2.89 bits per heavy atom. The number of nitrogens with one attached hydrogen (secondary N) is 1. The zero-order valence-electron chi connectivity index (χ0n) is 9.91. The van der Waals surface area contributed by atoms with Crippen molar-refractivity contribution in [1.82, 2.24) is 4.98 Å². The lowest BCUT2D eigenvalue weighted by Crippen LogP contribution is -2.40. The van der Waals surface area contributed by atoms with Gasteiger partial charge in [0, 0.05) is 6.20 Å². The molecule has 0 saturated heterocycles. The first-order valence-corrected chi connectivity index (χ1v) is 6.00. The van der Waals surface area contributed by atoms with Crippen LogP contribution >= 0.6 is 0 Å². The Hall–Kier alpha value is -2.07. The molecule has 1 aromatic heterocycles. The number of hydrogen-bond acceptors (Lipinski definition) is 4. The molecule has 18 heavy (non-hydrogen) atoms. The van der Waals surface area contributed by atoms with Crippen molar-refractivity contribution >= 4 is 5.69 Å². The Labute approximate surface area is 106 Å². The van der Waals surface area contributed by atoms with E-state index in [4.69, 9.17) is 10.5 Å². The van der Waals surface area contributed by atoms with Crippen LogP contribution in [0.3, 0.4) is 0 Å². The second kappa shape index (κ2) is 4.66. The van der Waals surface area contributed by atoms with Crippen LogP contribution in [-0.2, 0) is 0 Å². The van der Waals surface area contributed by atoms with E-state index < -0.39 is 0 Å². The summed E-state index contributed by atoms with van der Waals surface area (Å²) >= 11 is 0. The average Bonchev–Trinajstić information content (AvgIpc) is 2.47. The molecule has 0 amide bonds. The van der Waals surface area contributed by atoms with Gasteiger partial charge in [-0.2, -0.15) is 0 Å². The summed E-state index contributed by atoms with van der Waals surface area (Å²) in [5.74, 6) is 0.625. The zero-order valence-corrected chi connectivity index (χ0v) is 9.91. The molecule has 2 aromatic rings. The normalized spacial score (nSPS) is 19.3. The van der Waals surface area contributed by atoms with E-state index in [0.717, 1.165) is 11.3 Å². The highest BCUT2D eigenvalue weighted by Crippen LogP contribution is 2.29. The fraction of sp³-hybridized carbons (Fsp3) is 0.214. The average molecular weight is 241 g/mol. The number of anilines is 1. The molecule has 0 spiro atoms. The molecule has 92 valence electrons. The molecular formula is C14H15N3O. The standard InChI is InChI=1S/C14H15N3O/c15-13(10-5-2-1-3-6-10)12-9-17-11-7-4-8-16-14(11)18-12/h1-8,12-13,17H,9,15H2/t12-,13+/m0/s1. The molecule has 4 heteroatoms. The maximum atomic E-state index is 6.23. The van der Waals surface area contributed by atoms with Gasteiger partial charge in [0.25, 0.3) is 0 Å². The van der Waals surface area contributed by atoms with Gasteiger partial charge in [0.2, 0.25) is 5.88 Å². The SMILES string of the molecule is N[C@H](c1ccccc1)[C@@H]1CNc2cccnc2O1. The van der Waals surface area contributed by atoms with E-state index in [9.17, 15) is 0 Å². The van der Waals surface area contributed by atoms with Gasteiger partial charge in [0.15, 0.2) is 0 Å². The molecule has 0 aliphatic carbocycles. The Morgan fingerprint density at radius 1 is 1.22 bits per heavy atom. The highest BCUT2D eigenvalue weighted by atomic mass is 16.5. The first-order valence-electron chi connectivity index (χ1n) is 6.00. The molecule has 2 heterocycles. The molecule has 1 aromatic carbocycles. The molecule has 0 unspecified atom stereocenters. The summed E-state index contributed by atoms with van der Waals surface area (Å²) in [6, 6.07) is 13.7. The number of hydrogen-bond donors (Lipinski definition) is 2. The second-order valence-corrected chi connectivity index (χ2v) is 4.33. The molecule has 3 N–H and O–H groups in total. The fourth-order valence-corrected chi connectivity index (χ4v) is 2.11. The van der Waals surface area contributed by atoms with Crippen molar-refractivity contribution in [3.63, 3.8) is 0 Å². The van der Waals surface area contributed by atoms with E-state index in [2.05, 4.69) is 10.3 Å². The molecule has 4 nitrogen and oxygen atoms in total. The maximum Gasteiger partial charge on any atom is 0.237 e. The van der Waals surface area contributed by atoms with E-state index in [1.54, 1.807) is 6.20 Å². The lowest BCUT2D eigenvalue weighted by atomic mass is 10.0. The van der Waals surface area contributed by atoms with Crippen LogP contribution in [0.25, 0.3) is 0 Å². The lowest BCUT2D eigenvalue weighted by molar-refractivity contribution is 0.168. The molecule has 0 radical (unpaired) electrons. The van der Waals surface area contributed by atoms with Gasteiger partial charge >= 0.3 is 0 Å². The van der Waals surface area contributed by atoms with Gasteiger partial charge in [-0.15, -0.1) is 0 Å². The third kappa shape index (κ3) is 2.02. The molecule has 0 saturated carbocycles. The van der Waals surface area contributed by atoms with Crippen LogP contribution < -0.4 is 15.8 Å². The maximum absolute atomic E-state index is 6.23. The number of aromatic nitrogens is 1. The van der Waals surface area contributed by atoms with Crippen LogP contribution in [0.1, 0.15) is 11.6 Å². The monoisotopic (exact) mass is 241 g/mol. The minimum Gasteiger partial charge on any atom is -0.469 e. The van der Waals surface area contributed by atoms with Gasteiger partial charge in [-0.05, 0) is 17.7 Å². The summed E-state index contributed by atoms with van der Waals surface area (Å²) in [7, 11) is 0. The van der Waals surface area contributed by atoms with Crippen LogP contribution in [0.2, 0.25) is 0 Å². The number of pyridine rings is 1. The highest BCUT2D eigenvalue weighted by Gasteiger charge is 2.26. The summed E-state index contributed by atoms with van der Waals surface area (Å²) in [5.41, 5.74) is 8.23. The summed E-state index contributed by atoms with van der Waals surface area (Å²) in [6.45, 7) is 0.689. The van der Waals surface area contributed by atoms with Crippen LogP contribution in [0.15, 0.2) is 48.7 Å². The summed E-state index contributed by atoms with van der Waals surface area (Å²) in [5, 5.41) is 3.30. The minimum atomic E-state index is -0.158. The first kappa shape index (κ1) is 11.0. The molecule has 3 rings (SSSR count). The van der Waals surface area contributed by atoms with Crippen molar-refractivity contribution in [2.24, 2.45) is 5.73 Å². The van der Waals surface area contributed by atoms with Crippen molar-refractivity contribution in [1.29, 1.82) is 0 Å². The molecule has 2 atom stereocenters. The summed E-state index contributed by atoms with van der Waals surface area (Å²) in [6.07, 6.45) is 1.62. The molecule has 0 bridgehead atoms. The van der Waals surface area contributed by atoms with Crippen molar-refractivity contribution in [2.45, 2.75) is 12.1 Å². The molecular weight excluding hydrogens is 226 g/mol. The quantitative estimate of drug-likeness (QED) is 0.843. The molecule has 1 aliphatic rings. The van der Waals surface area contributed by atoms with Gasteiger partial charge in [-0.3, -0.25) is 0 Å². The van der Waals surface area contributed by atoms with Gasteiger partial charge < -0.3 is 15.8 Å². The Bertz CT molecular complexity index is 530. The van der Waals surface area contributed by atoms with Crippen molar-refractivity contribution < 1.29 is 4.74 Å². The number of nitrogens with zero attached hydrogens (tertiary/aromatic N) is 1. The van der Waals surface area contributed by atoms with Crippen molar-refractivity contribution in [3.8, 4) is 5.88 Å². The molecule has 1 aliphatic heterocycles. The largest absolute Gasteiger partial charge is 0.469 e. The third-order valence-electron chi connectivity index (χ3n) is 3.11. The zero-order chi connectivity index (χ0) is 12.4. The van der Waals surface area contributed by atoms with Crippen molar-refractivity contribution in [2.75, 3.05) is 11.9 Å². The second-order valence-electron chi connectivity index (χ2n) is 4.33. The number of rotatable bonds is 2. The van der Waals surface area contributed by atoms with Gasteiger partial charge in [-0.1, -0.05) is 30.3 Å². The highest BCUT2D eigenvalue weighted by molar-refractivity contribution is 5.53. The van der Waals surface area contributed by atoms with E-state index in [0.29, 0.717) is 12.4 Å². The van der Waals surface area contributed by atoms with Crippen LogP contribution in [0, 0.1) is 0 Å². The van der Waals surface area contributed by atoms with Gasteiger partial charge in [-0.25, -0.2) is 4.98 Å². The van der Waals surface area contributed by atoms with E-state index in [1.165, 1.54) is 0 Å². The first-order chi connectivity index (χ1) is 8.84. The van der Waals surface area contributed by atoms with E-state index in [1.807, 2.05) is 42.5 Å². The van der Waals surface area contributed by atoms with Crippen LogP contribution in [0.5, 0.6) is 5.88 Å². The Balaban J connectivity index is 1.80. The van der Waals surface area contributed by atoms with E-state index >= 15 is 0 Å². The minimum absolute atomic E-state index is 0.102. The van der Waals surface area contributed by atoms with Gasteiger partial charge in [0.1, 0.15) is 6.10 Å². The lowest BCUT2D eigenvalue weighted by Gasteiger charge is -2.30. The number of fused-ring (bicyclic) bond motifs is 1. The van der Waals surface area contributed by atoms with Crippen LogP contribution in [-0.4, -0.2) is 17.6 Å². The van der Waals surface area contributed by atoms with E-state index in [-0.39, 0.29) is 12.1 Å². The Morgan fingerprint density at radius 2 is 2.06 bits per heavy atom. The molecule has 0 fully saturated rings. The van der Waals surface area contributed by atoms with Gasteiger partial charge in [0.05, 0.1) is 18.3 Å². The fourth-order valence-electron chi connectivity index (χ4n) is 2.11. The predicted molar refractivity (Wildman–Crippen MR) is 70.5 cm³/mol. The number of ether oxygens (including phenoxy) is 1. The smallest absolute Gasteiger partial charge is 0.237 e. The summed E-state index contributed by atoms with van der Waals surface area (Å²) in [4.78, 5) is 4.21. The van der Waals surface area contributed by atoms with Crippen LogP contribution in [0.4, 0.5) is 5.69 Å². The topological polar surface area (TPSA) is 60.2 Å². The third-order valence-corrected chi connectivity index (χ3v) is 3.11. The van der Waals surface area contributed by atoms with Crippen molar-refractivity contribution in [3.05, 3.63) is 54.2 Å². The Kier molecular flexibility index (Phi) is 2.86. The predicted octanol–water partition coefficient (Wildman–Crippen LogP) is 1.95. The number of nitrogens with two attached hydrogens (primary N) is 1. The number of benzene rings is 1. The summed E-state index contributed by atoms with van der Waals surface area (Å²) < 4.78 is 5.85.